The lowest BCUT2D eigenvalue weighted by Gasteiger charge is -2.01. The van der Waals surface area contributed by atoms with E-state index in [0.717, 1.165) is 5.56 Å². The average Bonchev–Trinajstić information content (AvgIpc) is 1.88. The van der Waals surface area contributed by atoms with Gasteiger partial charge < -0.3 is 9.79 Å². The van der Waals surface area contributed by atoms with Gasteiger partial charge in [-0.05, 0) is 19.1 Å². The largest absolute Gasteiger partial charge is 0.347 e. The summed E-state index contributed by atoms with van der Waals surface area (Å²) in [6.07, 6.45) is 0. The van der Waals surface area contributed by atoms with E-state index >= 15 is 0 Å². The normalized spacial score (nSPS) is 10.4. The molecule has 0 fully saturated rings. The standard InChI is InChI=1S/C7H9O2P/c1-6-3-2-4-7(5-6)10(8)9/h2-5,8-9H,1H3. The SMILES string of the molecule is Cc1cccc(P(O)O)c1. The van der Waals surface area contributed by atoms with Crippen LogP contribution in [0, 0.1) is 6.92 Å². The molecule has 3 heteroatoms. The summed E-state index contributed by atoms with van der Waals surface area (Å²) in [6.45, 7) is 1.92. The summed E-state index contributed by atoms with van der Waals surface area (Å²) in [6, 6.07) is 7.21. The molecule has 1 rings (SSSR count). The van der Waals surface area contributed by atoms with Gasteiger partial charge in [0, 0.05) is 5.30 Å². The molecule has 0 unspecified atom stereocenters. The number of rotatable bonds is 1. The summed E-state index contributed by atoms with van der Waals surface area (Å²) in [5.41, 5.74) is 1.05. The highest BCUT2D eigenvalue weighted by Gasteiger charge is 2.01. The van der Waals surface area contributed by atoms with Crippen LogP contribution in [0.5, 0.6) is 0 Å². The topological polar surface area (TPSA) is 40.5 Å². The Morgan fingerprint density at radius 1 is 1.30 bits per heavy atom. The maximum atomic E-state index is 8.77. The number of aryl methyl sites for hydroxylation is 1. The van der Waals surface area contributed by atoms with E-state index in [9.17, 15) is 0 Å². The summed E-state index contributed by atoms with van der Waals surface area (Å²) in [7, 11) is -1.91. The van der Waals surface area contributed by atoms with Crippen molar-refractivity contribution in [2.24, 2.45) is 0 Å². The smallest absolute Gasteiger partial charge is 0.199 e. The van der Waals surface area contributed by atoms with Gasteiger partial charge in [0.2, 0.25) is 0 Å². The van der Waals surface area contributed by atoms with Crippen molar-refractivity contribution in [2.75, 3.05) is 0 Å². The average molecular weight is 156 g/mol. The summed E-state index contributed by atoms with van der Waals surface area (Å²) in [5, 5.41) is 0.606. The van der Waals surface area contributed by atoms with Gasteiger partial charge in [0.1, 0.15) is 0 Å². The molecule has 2 nitrogen and oxygen atoms in total. The zero-order valence-corrected chi connectivity index (χ0v) is 6.55. The molecule has 0 aliphatic heterocycles. The van der Waals surface area contributed by atoms with E-state index < -0.39 is 8.38 Å². The van der Waals surface area contributed by atoms with Crippen molar-refractivity contribution in [3.63, 3.8) is 0 Å². The quantitative estimate of drug-likeness (QED) is 0.593. The zero-order valence-electron chi connectivity index (χ0n) is 5.65. The minimum Gasteiger partial charge on any atom is -0.347 e. The van der Waals surface area contributed by atoms with E-state index in [-0.39, 0.29) is 0 Å². The summed E-state index contributed by atoms with van der Waals surface area (Å²) in [5.74, 6) is 0. The first kappa shape index (κ1) is 7.67. The van der Waals surface area contributed by atoms with E-state index in [1.807, 2.05) is 19.1 Å². The van der Waals surface area contributed by atoms with Crippen LogP contribution in [0.3, 0.4) is 0 Å². The van der Waals surface area contributed by atoms with Gasteiger partial charge in [-0.1, -0.05) is 17.7 Å². The lowest BCUT2D eigenvalue weighted by atomic mass is 10.2. The van der Waals surface area contributed by atoms with E-state index in [1.54, 1.807) is 12.1 Å². The zero-order chi connectivity index (χ0) is 7.56. The fourth-order valence-electron chi connectivity index (χ4n) is 0.752. The Bertz CT molecular complexity index is 223. The highest BCUT2D eigenvalue weighted by Crippen LogP contribution is 2.21. The van der Waals surface area contributed by atoms with Gasteiger partial charge in [-0.3, -0.25) is 0 Å². The van der Waals surface area contributed by atoms with Crippen molar-refractivity contribution < 1.29 is 9.79 Å². The molecule has 0 amide bonds. The molecule has 10 heavy (non-hydrogen) atoms. The minimum absolute atomic E-state index is 0.606. The van der Waals surface area contributed by atoms with Gasteiger partial charge in [-0.25, -0.2) is 0 Å². The lowest BCUT2D eigenvalue weighted by molar-refractivity contribution is 0.497. The third-order valence-corrected chi connectivity index (χ3v) is 1.97. The molecule has 0 saturated carbocycles. The molecule has 1 aromatic rings. The summed E-state index contributed by atoms with van der Waals surface area (Å²) < 4.78 is 0. The molecular weight excluding hydrogens is 147 g/mol. The molecule has 0 saturated heterocycles. The Labute approximate surface area is 61.1 Å². The van der Waals surface area contributed by atoms with Crippen molar-refractivity contribution in [1.82, 2.24) is 0 Å². The Balaban J connectivity index is 2.96. The molecule has 0 aliphatic rings. The van der Waals surface area contributed by atoms with Crippen molar-refractivity contribution >= 4 is 13.7 Å². The van der Waals surface area contributed by atoms with Crippen molar-refractivity contribution in [3.05, 3.63) is 29.8 Å². The Kier molecular flexibility index (Phi) is 2.39. The number of hydrogen-bond donors (Lipinski definition) is 2. The summed E-state index contributed by atoms with van der Waals surface area (Å²) in [4.78, 5) is 17.5. The first-order chi connectivity index (χ1) is 4.70. The predicted molar refractivity (Wildman–Crippen MR) is 42.2 cm³/mol. The molecule has 0 atom stereocenters. The highest BCUT2D eigenvalue weighted by atomic mass is 31.2. The molecular formula is C7H9O2P. The van der Waals surface area contributed by atoms with Crippen molar-refractivity contribution in [2.45, 2.75) is 6.92 Å². The van der Waals surface area contributed by atoms with E-state index in [4.69, 9.17) is 9.79 Å². The second-order valence-electron chi connectivity index (χ2n) is 2.13. The predicted octanol–water partition coefficient (Wildman–Crippen LogP) is 0.917. The summed E-state index contributed by atoms with van der Waals surface area (Å²) >= 11 is 0. The second kappa shape index (κ2) is 3.11. The third-order valence-electron chi connectivity index (χ3n) is 1.23. The molecule has 0 aromatic heterocycles. The van der Waals surface area contributed by atoms with Gasteiger partial charge in [0.15, 0.2) is 8.38 Å². The van der Waals surface area contributed by atoms with Crippen LogP contribution in [0.15, 0.2) is 24.3 Å². The number of benzene rings is 1. The Morgan fingerprint density at radius 2 is 2.00 bits per heavy atom. The maximum Gasteiger partial charge on any atom is 0.199 e. The van der Waals surface area contributed by atoms with E-state index in [2.05, 4.69) is 0 Å². The van der Waals surface area contributed by atoms with E-state index in [0.29, 0.717) is 5.30 Å². The molecule has 0 radical (unpaired) electrons. The molecule has 2 N–H and O–H groups in total. The van der Waals surface area contributed by atoms with Crippen LogP contribution in [0.4, 0.5) is 0 Å². The molecule has 54 valence electrons. The van der Waals surface area contributed by atoms with Gasteiger partial charge >= 0.3 is 0 Å². The van der Waals surface area contributed by atoms with Crippen LogP contribution in [0.25, 0.3) is 0 Å². The molecule has 0 spiro atoms. The van der Waals surface area contributed by atoms with Crippen LogP contribution in [-0.2, 0) is 0 Å². The fraction of sp³-hybridized carbons (Fsp3) is 0.143. The first-order valence-electron chi connectivity index (χ1n) is 2.94. The van der Waals surface area contributed by atoms with Crippen LogP contribution < -0.4 is 5.30 Å². The minimum atomic E-state index is -1.91. The van der Waals surface area contributed by atoms with Gasteiger partial charge in [0.05, 0.1) is 0 Å². The van der Waals surface area contributed by atoms with E-state index in [1.165, 1.54) is 0 Å². The van der Waals surface area contributed by atoms with Crippen LogP contribution in [0.1, 0.15) is 5.56 Å². The first-order valence-corrected chi connectivity index (χ1v) is 4.19. The van der Waals surface area contributed by atoms with Crippen molar-refractivity contribution in [1.29, 1.82) is 0 Å². The molecule has 1 aromatic carbocycles. The Morgan fingerprint density at radius 3 is 2.40 bits per heavy atom. The second-order valence-corrected chi connectivity index (χ2v) is 3.22. The fourth-order valence-corrected chi connectivity index (χ4v) is 1.29. The Hall–Kier alpha value is -0.430. The van der Waals surface area contributed by atoms with Crippen molar-refractivity contribution in [3.8, 4) is 0 Å². The van der Waals surface area contributed by atoms with Crippen LogP contribution >= 0.6 is 8.38 Å². The number of hydrogen-bond acceptors (Lipinski definition) is 2. The van der Waals surface area contributed by atoms with Gasteiger partial charge in [0.25, 0.3) is 0 Å². The molecule has 0 bridgehead atoms. The lowest BCUT2D eigenvalue weighted by Crippen LogP contribution is -1.98. The third kappa shape index (κ3) is 1.77. The monoisotopic (exact) mass is 156 g/mol. The molecule has 0 heterocycles. The highest BCUT2D eigenvalue weighted by molar-refractivity contribution is 7.54. The van der Waals surface area contributed by atoms with Gasteiger partial charge in [-0.2, -0.15) is 0 Å². The maximum absolute atomic E-state index is 8.77. The van der Waals surface area contributed by atoms with Gasteiger partial charge in [-0.15, -0.1) is 0 Å². The molecule has 0 aliphatic carbocycles. The van der Waals surface area contributed by atoms with Crippen LogP contribution in [0.2, 0.25) is 0 Å². The van der Waals surface area contributed by atoms with Crippen LogP contribution in [-0.4, -0.2) is 9.79 Å².